The fraction of sp³-hybridized carbons (Fsp3) is 0.600. The first kappa shape index (κ1) is 12.6. The summed E-state index contributed by atoms with van der Waals surface area (Å²) in [7, 11) is 0. The highest BCUT2D eigenvalue weighted by Gasteiger charge is 2.14. The van der Waals surface area contributed by atoms with Gasteiger partial charge in [0.25, 0.3) is 0 Å². The molecule has 0 radical (unpaired) electrons. The first-order valence-corrected chi connectivity index (χ1v) is 6.67. The number of nitrogens with zero attached hydrogens (tertiary/aromatic N) is 1. The summed E-state index contributed by atoms with van der Waals surface area (Å²) < 4.78 is 0. The molecule has 17 heavy (non-hydrogen) atoms. The number of benzene rings is 1. The molecule has 0 aromatic heterocycles. The molecule has 0 spiro atoms. The Bertz CT molecular complexity index is 367. The molecule has 1 N–H and O–H groups in total. The van der Waals surface area contributed by atoms with E-state index in [2.05, 4.69) is 49.2 Å². The van der Waals surface area contributed by atoms with Crippen LogP contribution < -0.4 is 5.32 Å². The molecule has 0 saturated carbocycles. The minimum atomic E-state index is 0.632. The van der Waals surface area contributed by atoms with E-state index in [4.69, 9.17) is 0 Å². The largest absolute Gasteiger partial charge is 0.314 e. The Morgan fingerprint density at radius 1 is 1.18 bits per heavy atom. The van der Waals surface area contributed by atoms with Gasteiger partial charge < -0.3 is 10.2 Å². The van der Waals surface area contributed by atoms with Crippen molar-refractivity contribution in [2.24, 2.45) is 0 Å². The van der Waals surface area contributed by atoms with Crippen LogP contribution in [0, 0.1) is 13.8 Å². The fourth-order valence-corrected chi connectivity index (χ4v) is 2.46. The van der Waals surface area contributed by atoms with Crippen molar-refractivity contribution in [1.29, 1.82) is 0 Å². The number of nitrogens with one attached hydrogen (secondary N) is 1. The average molecular weight is 232 g/mol. The Labute approximate surface area is 105 Å². The molecule has 1 fully saturated rings. The number of hydrogen-bond acceptors (Lipinski definition) is 2. The second-order valence-corrected chi connectivity index (χ2v) is 5.30. The van der Waals surface area contributed by atoms with Gasteiger partial charge in [-0.1, -0.05) is 25.1 Å². The summed E-state index contributed by atoms with van der Waals surface area (Å²) in [6.45, 7) is 12.6. The number of aryl methyl sites for hydroxylation is 2. The maximum absolute atomic E-state index is 3.40. The summed E-state index contributed by atoms with van der Waals surface area (Å²) in [5, 5.41) is 3.40. The summed E-state index contributed by atoms with van der Waals surface area (Å²) >= 11 is 0. The van der Waals surface area contributed by atoms with Crippen molar-refractivity contribution in [3.05, 3.63) is 34.9 Å². The molecule has 1 aromatic carbocycles. The van der Waals surface area contributed by atoms with E-state index in [9.17, 15) is 0 Å². The van der Waals surface area contributed by atoms with Crippen LogP contribution >= 0.6 is 0 Å². The van der Waals surface area contributed by atoms with Gasteiger partial charge >= 0.3 is 0 Å². The zero-order chi connectivity index (χ0) is 12.3. The lowest BCUT2D eigenvalue weighted by Gasteiger charge is -2.30. The Morgan fingerprint density at radius 2 is 1.88 bits per heavy atom. The second kappa shape index (κ2) is 5.65. The van der Waals surface area contributed by atoms with Gasteiger partial charge in [0.1, 0.15) is 0 Å². The van der Waals surface area contributed by atoms with Crippen molar-refractivity contribution >= 4 is 0 Å². The van der Waals surface area contributed by atoms with Crippen LogP contribution in [0.15, 0.2) is 18.2 Å². The predicted octanol–water partition coefficient (Wildman–Crippen LogP) is 2.31. The Kier molecular flexibility index (Phi) is 4.19. The number of rotatable bonds is 3. The summed E-state index contributed by atoms with van der Waals surface area (Å²) in [6.07, 6.45) is 0. The minimum Gasteiger partial charge on any atom is -0.314 e. The fourth-order valence-electron chi connectivity index (χ4n) is 2.46. The van der Waals surface area contributed by atoms with E-state index in [0.29, 0.717) is 5.92 Å². The molecule has 1 heterocycles. The lowest BCUT2D eigenvalue weighted by atomic mass is 9.96. The highest BCUT2D eigenvalue weighted by atomic mass is 15.2. The van der Waals surface area contributed by atoms with Gasteiger partial charge in [-0.25, -0.2) is 0 Å². The second-order valence-electron chi connectivity index (χ2n) is 5.30. The maximum atomic E-state index is 3.40. The molecule has 2 heteroatoms. The topological polar surface area (TPSA) is 15.3 Å². The van der Waals surface area contributed by atoms with Crippen molar-refractivity contribution in [2.45, 2.75) is 26.7 Å². The van der Waals surface area contributed by atoms with Gasteiger partial charge in [-0.15, -0.1) is 0 Å². The van der Waals surface area contributed by atoms with Gasteiger partial charge in [-0.05, 0) is 36.5 Å². The van der Waals surface area contributed by atoms with E-state index in [1.165, 1.54) is 36.3 Å². The molecule has 1 unspecified atom stereocenters. The molecule has 1 aromatic rings. The van der Waals surface area contributed by atoms with E-state index < -0.39 is 0 Å². The van der Waals surface area contributed by atoms with Crippen LogP contribution in [-0.2, 0) is 0 Å². The Morgan fingerprint density at radius 3 is 2.53 bits per heavy atom. The first-order valence-electron chi connectivity index (χ1n) is 6.67. The molecular formula is C15H24N2. The third kappa shape index (κ3) is 3.30. The number of piperazine rings is 1. The van der Waals surface area contributed by atoms with Gasteiger partial charge in [0.05, 0.1) is 0 Å². The Balaban J connectivity index is 1.98. The van der Waals surface area contributed by atoms with Gasteiger partial charge in [0, 0.05) is 32.7 Å². The monoisotopic (exact) mass is 232 g/mol. The third-order valence-corrected chi connectivity index (χ3v) is 3.84. The number of hydrogen-bond donors (Lipinski definition) is 1. The summed E-state index contributed by atoms with van der Waals surface area (Å²) in [4.78, 5) is 2.57. The molecule has 94 valence electrons. The van der Waals surface area contributed by atoms with Crippen LogP contribution in [0.2, 0.25) is 0 Å². The van der Waals surface area contributed by atoms with E-state index in [0.717, 1.165) is 13.1 Å². The van der Waals surface area contributed by atoms with E-state index in [-0.39, 0.29) is 0 Å². The molecule has 0 bridgehead atoms. The predicted molar refractivity (Wildman–Crippen MR) is 73.6 cm³/mol. The average Bonchev–Trinajstić information content (AvgIpc) is 2.34. The SMILES string of the molecule is Cc1ccc(C(C)CN2CCNCC2)cc1C. The molecule has 2 nitrogen and oxygen atoms in total. The smallest absolute Gasteiger partial charge is 0.0108 e. The maximum Gasteiger partial charge on any atom is 0.0108 e. The molecular weight excluding hydrogens is 208 g/mol. The highest BCUT2D eigenvalue weighted by molar-refractivity contribution is 5.31. The molecule has 2 rings (SSSR count). The van der Waals surface area contributed by atoms with E-state index in [1.54, 1.807) is 0 Å². The summed E-state index contributed by atoms with van der Waals surface area (Å²) in [5.41, 5.74) is 4.28. The summed E-state index contributed by atoms with van der Waals surface area (Å²) in [5.74, 6) is 0.632. The lowest BCUT2D eigenvalue weighted by Crippen LogP contribution is -2.44. The molecule has 1 aliphatic rings. The van der Waals surface area contributed by atoms with Crippen molar-refractivity contribution in [3.63, 3.8) is 0 Å². The van der Waals surface area contributed by atoms with E-state index >= 15 is 0 Å². The van der Waals surface area contributed by atoms with Crippen LogP contribution in [0.5, 0.6) is 0 Å². The van der Waals surface area contributed by atoms with Gasteiger partial charge in [-0.2, -0.15) is 0 Å². The van der Waals surface area contributed by atoms with Crippen molar-refractivity contribution in [2.75, 3.05) is 32.7 Å². The minimum absolute atomic E-state index is 0.632. The lowest BCUT2D eigenvalue weighted by molar-refractivity contribution is 0.230. The van der Waals surface area contributed by atoms with Gasteiger partial charge in [-0.3, -0.25) is 0 Å². The zero-order valence-corrected chi connectivity index (χ0v) is 11.3. The third-order valence-electron chi connectivity index (χ3n) is 3.84. The Hall–Kier alpha value is -0.860. The quantitative estimate of drug-likeness (QED) is 0.860. The normalized spacial score (nSPS) is 19.2. The first-order chi connectivity index (χ1) is 8.16. The summed E-state index contributed by atoms with van der Waals surface area (Å²) in [6, 6.07) is 6.89. The molecule has 1 aliphatic heterocycles. The van der Waals surface area contributed by atoms with Crippen LogP contribution in [-0.4, -0.2) is 37.6 Å². The van der Waals surface area contributed by atoms with E-state index in [1.807, 2.05) is 0 Å². The van der Waals surface area contributed by atoms with Crippen LogP contribution in [0.25, 0.3) is 0 Å². The standard InChI is InChI=1S/C15H24N2/c1-12-4-5-15(10-13(12)2)14(3)11-17-8-6-16-7-9-17/h4-5,10,14,16H,6-9,11H2,1-3H3. The van der Waals surface area contributed by atoms with Crippen LogP contribution in [0.1, 0.15) is 29.5 Å². The van der Waals surface area contributed by atoms with Crippen molar-refractivity contribution in [1.82, 2.24) is 10.2 Å². The molecule has 1 atom stereocenters. The zero-order valence-electron chi connectivity index (χ0n) is 11.3. The molecule has 0 amide bonds. The van der Waals surface area contributed by atoms with Crippen LogP contribution in [0.4, 0.5) is 0 Å². The van der Waals surface area contributed by atoms with Crippen LogP contribution in [0.3, 0.4) is 0 Å². The van der Waals surface area contributed by atoms with Crippen molar-refractivity contribution < 1.29 is 0 Å². The molecule has 0 aliphatic carbocycles. The van der Waals surface area contributed by atoms with Gasteiger partial charge in [0.15, 0.2) is 0 Å². The van der Waals surface area contributed by atoms with Crippen molar-refractivity contribution in [3.8, 4) is 0 Å². The van der Waals surface area contributed by atoms with Gasteiger partial charge in [0.2, 0.25) is 0 Å². The highest BCUT2D eigenvalue weighted by Crippen LogP contribution is 2.19. The molecule has 1 saturated heterocycles.